The molecule has 0 radical (unpaired) electrons. The van der Waals surface area contributed by atoms with Crippen molar-refractivity contribution < 1.29 is 0 Å². The Kier molecular flexibility index (Phi) is 4.63. The van der Waals surface area contributed by atoms with Crippen molar-refractivity contribution >= 4 is 0 Å². The maximum atomic E-state index is 4.08. The largest absolute Gasteiger partial charge is 0.311 e. The molecule has 2 rings (SSSR count). The van der Waals surface area contributed by atoms with Crippen LogP contribution in [0.4, 0.5) is 0 Å². The minimum Gasteiger partial charge on any atom is -0.311 e. The summed E-state index contributed by atoms with van der Waals surface area (Å²) in [6.07, 6.45) is 7.27. The molecule has 4 nitrogen and oxygen atoms in total. The maximum Gasteiger partial charge on any atom is 0.0535 e. The van der Waals surface area contributed by atoms with E-state index in [1.54, 1.807) is 0 Å². The molecule has 1 saturated carbocycles. The van der Waals surface area contributed by atoms with Crippen LogP contribution in [-0.4, -0.2) is 41.3 Å². The van der Waals surface area contributed by atoms with Crippen molar-refractivity contribution in [3.05, 3.63) is 17.5 Å². The molecule has 0 aromatic carbocycles. The molecule has 2 unspecified atom stereocenters. The first-order chi connectivity index (χ1) is 9.03. The lowest BCUT2D eigenvalue weighted by Crippen LogP contribution is -2.54. The predicted octanol–water partition coefficient (Wildman–Crippen LogP) is 2.32. The van der Waals surface area contributed by atoms with Crippen LogP contribution in [0.5, 0.6) is 0 Å². The summed E-state index contributed by atoms with van der Waals surface area (Å²) in [4.78, 5) is 2.43. The Morgan fingerprint density at radius 2 is 2.32 bits per heavy atom. The molecule has 0 saturated heterocycles. The highest BCUT2D eigenvalue weighted by Gasteiger charge is 2.36. The number of H-pyrrole nitrogens is 1. The number of aromatic amines is 1. The SMILES string of the molecule is Cc1[nH]ncc1CNCC1(N(C)C)CCCC(C)C1. The van der Waals surface area contributed by atoms with Crippen molar-refractivity contribution in [2.75, 3.05) is 20.6 Å². The number of likely N-dealkylation sites (N-methyl/N-ethyl adjacent to an activating group) is 1. The third-order valence-electron chi connectivity index (χ3n) is 4.72. The number of hydrogen-bond donors (Lipinski definition) is 2. The lowest BCUT2D eigenvalue weighted by molar-refractivity contribution is 0.0749. The van der Waals surface area contributed by atoms with Crippen LogP contribution in [0.3, 0.4) is 0 Å². The van der Waals surface area contributed by atoms with Gasteiger partial charge in [-0.05, 0) is 39.8 Å². The van der Waals surface area contributed by atoms with E-state index in [0.29, 0.717) is 5.54 Å². The molecule has 1 aliphatic rings. The molecule has 0 bridgehead atoms. The lowest BCUT2D eigenvalue weighted by Gasteiger charge is -2.45. The number of hydrogen-bond acceptors (Lipinski definition) is 3. The van der Waals surface area contributed by atoms with Gasteiger partial charge in [0.05, 0.1) is 6.20 Å². The molecule has 1 aliphatic carbocycles. The van der Waals surface area contributed by atoms with Gasteiger partial charge >= 0.3 is 0 Å². The van der Waals surface area contributed by atoms with Crippen molar-refractivity contribution in [2.24, 2.45) is 5.92 Å². The second-order valence-corrected chi connectivity index (χ2v) is 6.44. The average molecular weight is 264 g/mol. The van der Waals surface area contributed by atoms with E-state index in [2.05, 4.69) is 48.4 Å². The fraction of sp³-hybridized carbons (Fsp3) is 0.800. The Morgan fingerprint density at radius 3 is 2.89 bits per heavy atom. The van der Waals surface area contributed by atoms with Crippen LogP contribution in [0.1, 0.15) is 43.9 Å². The van der Waals surface area contributed by atoms with Crippen LogP contribution in [0.2, 0.25) is 0 Å². The van der Waals surface area contributed by atoms with Crippen molar-refractivity contribution in [3.63, 3.8) is 0 Å². The molecule has 1 fully saturated rings. The molecule has 108 valence electrons. The molecule has 1 aromatic rings. The standard InChI is InChI=1S/C15H28N4/c1-12-6-5-7-15(8-12,19(3)4)11-16-9-14-10-17-18-13(14)2/h10,12,16H,5-9,11H2,1-4H3,(H,17,18). The lowest BCUT2D eigenvalue weighted by atomic mass is 9.75. The molecule has 0 spiro atoms. The summed E-state index contributed by atoms with van der Waals surface area (Å²) in [5.41, 5.74) is 2.77. The van der Waals surface area contributed by atoms with E-state index in [9.17, 15) is 0 Å². The van der Waals surface area contributed by atoms with E-state index in [-0.39, 0.29) is 0 Å². The molecule has 19 heavy (non-hydrogen) atoms. The highest BCUT2D eigenvalue weighted by Crippen LogP contribution is 2.35. The third-order valence-corrected chi connectivity index (χ3v) is 4.72. The number of nitrogens with zero attached hydrogens (tertiary/aromatic N) is 2. The van der Waals surface area contributed by atoms with Crippen LogP contribution in [0.15, 0.2) is 6.20 Å². The Balaban J connectivity index is 1.92. The van der Waals surface area contributed by atoms with Crippen molar-refractivity contribution in [1.29, 1.82) is 0 Å². The molecular weight excluding hydrogens is 236 g/mol. The molecule has 0 aliphatic heterocycles. The zero-order valence-electron chi connectivity index (χ0n) is 12.8. The fourth-order valence-corrected chi connectivity index (χ4v) is 3.34. The van der Waals surface area contributed by atoms with Gasteiger partial charge < -0.3 is 10.2 Å². The van der Waals surface area contributed by atoms with Crippen molar-refractivity contribution in [2.45, 2.75) is 51.6 Å². The third kappa shape index (κ3) is 3.37. The summed E-state index contributed by atoms with van der Waals surface area (Å²) in [5.74, 6) is 0.841. The molecule has 0 amide bonds. The first-order valence-corrected chi connectivity index (χ1v) is 7.40. The van der Waals surface area contributed by atoms with E-state index < -0.39 is 0 Å². The Labute approximate surface area is 117 Å². The second-order valence-electron chi connectivity index (χ2n) is 6.44. The van der Waals surface area contributed by atoms with E-state index in [4.69, 9.17) is 0 Å². The van der Waals surface area contributed by atoms with Gasteiger partial charge in [0.25, 0.3) is 0 Å². The summed E-state index contributed by atoms with van der Waals surface area (Å²) in [7, 11) is 4.45. The summed E-state index contributed by atoms with van der Waals surface area (Å²) < 4.78 is 0. The summed E-state index contributed by atoms with van der Waals surface area (Å²) in [5, 5.41) is 10.7. The number of aromatic nitrogens is 2. The van der Waals surface area contributed by atoms with Gasteiger partial charge in [0.2, 0.25) is 0 Å². The van der Waals surface area contributed by atoms with Gasteiger partial charge in [-0.3, -0.25) is 5.10 Å². The Bertz CT molecular complexity index is 399. The summed E-state index contributed by atoms with van der Waals surface area (Å²) in [6.45, 7) is 6.44. The molecule has 4 heteroatoms. The van der Waals surface area contributed by atoms with Gasteiger partial charge in [0.15, 0.2) is 0 Å². The van der Waals surface area contributed by atoms with Gasteiger partial charge in [0.1, 0.15) is 0 Å². The predicted molar refractivity (Wildman–Crippen MR) is 79.1 cm³/mol. The van der Waals surface area contributed by atoms with Crippen molar-refractivity contribution in [1.82, 2.24) is 20.4 Å². The highest BCUT2D eigenvalue weighted by atomic mass is 15.2. The number of rotatable bonds is 5. The highest BCUT2D eigenvalue weighted by molar-refractivity contribution is 5.14. The molecule has 2 atom stereocenters. The summed E-state index contributed by atoms with van der Waals surface area (Å²) in [6, 6.07) is 0. The molecule has 2 N–H and O–H groups in total. The molecule has 1 heterocycles. The van der Waals surface area contributed by atoms with Gasteiger partial charge in [-0.15, -0.1) is 0 Å². The smallest absolute Gasteiger partial charge is 0.0535 e. The zero-order chi connectivity index (χ0) is 13.9. The van der Waals surface area contributed by atoms with E-state index in [0.717, 1.165) is 19.0 Å². The van der Waals surface area contributed by atoms with Gasteiger partial charge in [-0.2, -0.15) is 5.10 Å². The average Bonchev–Trinajstić information content (AvgIpc) is 2.75. The van der Waals surface area contributed by atoms with Crippen molar-refractivity contribution in [3.8, 4) is 0 Å². The van der Waals surface area contributed by atoms with Crippen LogP contribution >= 0.6 is 0 Å². The van der Waals surface area contributed by atoms with E-state index in [1.807, 2.05) is 6.20 Å². The maximum absolute atomic E-state index is 4.08. The van der Waals surface area contributed by atoms with Gasteiger partial charge in [0, 0.05) is 29.9 Å². The number of nitrogens with one attached hydrogen (secondary N) is 2. The quantitative estimate of drug-likeness (QED) is 0.858. The topological polar surface area (TPSA) is 44.0 Å². The number of aryl methyl sites for hydroxylation is 1. The minimum absolute atomic E-state index is 0.329. The van der Waals surface area contributed by atoms with Crippen LogP contribution < -0.4 is 5.32 Å². The molecular formula is C15H28N4. The first-order valence-electron chi connectivity index (χ1n) is 7.40. The molecule has 1 aromatic heterocycles. The Morgan fingerprint density at radius 1 is 1.53 bits per heavy atom. The van der Waals surface area contributed by atoms with Gasteiger partial charge in [-0.25, -0.2) is 0 Å². The Hall–Kier alpha value is -0.870. The fourth-order valence-electron chi connectivity index (χ4n) is 3.34. The van der Waals surface area contributed by atoms with Crippen LogP contribution in [0, 0.1) is 12.8 Å². The zero-order valence-corrected chi connectivity index (χ0v) is 12.8. The van der Waals surface area contributed by atoms with E-state index in [1.165, 1.54) is 36.9 Å². The minimum atomic E-state index is 0.329. The first kappa shape index (κ1) is 14.5. The summed E-state index contributed by atoms with van der Waals surface area (Å²) >= 11 is 0. The van der Waals surface area contributed by atoms with Crippen LogP contribution in [0.25, 0.3) is 0 Å². The van der Waals surface area contributed by atoms with Crippen LogP contribution in [-0.2, 0) is 6.54 Å². The van der Waals surface area contributed by atoms with E-state index >= 15 is 0 Å². The van der Waals surface area contributed by atoms with Gasteiger partial charge in [-0.1, -0.05) is 19.8 Å². The second kappa shape index (κ2) is 6.06. The normalized spacial score (nSPS) is 27.9. The monoisotopic (exact) mass is 264 g/mol.